The summed E-state index contributed by atoms with van der Waals surface area (Å²) in [7, 11) is -4.80. The van der Waals surface area contributed by atoms with Crippen molar-refractivity contribution in [2.24, 2.45) is 0 Å². The molecule has 1 heterocycles. The molecule has 0 saturated heterocycles. The average molecular weight is 304 g/mol. The Balaban J connectivity index is 1.94. The van der Waals surface area contributed by atoms with Crippen molar-refractivity contribution < 1.29 is 18.1 Å². The smallest absolute Gasteiger partial charge is 0.423 e. The van der Waals surface area contributed by atoms with Gasteiger partial charge in [-0.1, -0.05) is 18.2 Å². The zero-order valence-electron chi connectivity index (χ0n) is 11.0. The van der Waals surface area contributed by atoms with Crippen molar-refractivity contribution in [1.29, 1.82) is 0 Å². The van der Waals surface area contributed by atoms with Crippen LogP contribution in [0.4, 0.5) is 11.4 Å². The Labute approximate surface area is 122 Å². The van der Waals surface area contributed by atoms with Gasteiger partial charge in [0.25, 0.3) is 10.0 Å². The lowest BCUT2D eigenvalue weighted by molar-refractivity contribution is 0.275. The third-order valence-corrected chi connectivity index (χ3v) is 4.72. The summed E-state index contributed by atoms with van der Waals surface area (Å²) in [5, 5.41) is 9.65. The Morgan fingerprint density at radius 2 is 2.00 bits per heavy atom. The first-order valence-electron chi connectivity index (χ1n) is 6.27. The van der Waals surface area contributed by atoms with Crippen LogP contribution in [0.15, 0.2) is 47.4 Å². The maximum atomic E-state index is 12.3. The predicted octanol–water partition coefficient (Wildman–Crippen LogP) is 0.287. The van der Waals surface area contributed by atoms with Gasteiger partial charge in [-0.3, -0.25) is 4.72 Å². The van der Waals surface area contributed by atoms with E-state index in [4.69, 9.17) is 10.4 Å². The molecule has 6 nitrogen and oxygen atoms in total. The van der Waals surface area contributed by atoms with Crippen LogP contribution in [-0.2, 0) is 21.3 Å². The Kier molecular flexibility index (Phi) is 3.36. The lowest BCUT2D eigenvalue weighted by Gasteiger charge is -2.11. The summed E-state index contributed by atoms with van der Waals surface area (Å²) in [5.74, 6) is 0. The lowest BCUT2D eigenvalue weighted by atomic mass is 9.79. The molecule has 0 bridgehead atoms. The first-order chi connectivity index (χ1) is 9.97. The Morgan fingerprint density at radius 1 is 1.24 bits per heavy atom. The van der Waals surface area contributed by atoms with Crippen molar-refractivity contribution >= 4 is 34.0 Å². The third-order valence-electron chi connectivity index (χ3n) is 3.27. The van der Waals surface area contributed by atoms with Crippen LogP contribution in [0.5, 0.6) is 0 Å². The predicted molar refractivity (Wildman–Crippen MR) is 80.5 cm³/mol. The maximum Gasteiger partial charge on any atom is 0.491 e. The zero-order chi connectivity index (χ0) is 15.0. The molecular formula is C13H13BN2O4S. The Morgan fingerprint density at radius 3 is 2.76 bits per heavy atom. The van der Waals surface area contributed by atoms with Crippen LogP contribution in [0.2, 0.25) is 0 Å². The van der Waals surface area contributed by atoms with E-state index in [1.165, 1.54) is 12.1 Å². The van der Waals surface area contributed by atoms with E-state index in [-0.39, 0.29) is 10.6 Å². The van der Waals surface area contributed by atoms with E-state index in [2.05, 4.69) is 4.72 Å². The van der Waals surface area contributed by atoms with Gasteiger partial charge in [-0.15, -0.1) is 0 Å². The molecule has 0 amide bonds. The van der Waals surface area contributed by atoms with Crippen LogP contribution in [0.3, 0.4) is 0 Å². The van der Waals surface area contributed by atoms with Gasteiger partial charge in [0.05, 0.1) is 12.3 Å². The van der Waals surface area contributed by atoms with Crippen LogP contribution < -0.4 is 15.9 Å². The molecule has 8 heteroatoms. The molecule has 2 aromatic rings. The van der Waals surface area contributed by atoms with Crippen LogP contribution in [0.25, 0.3) is 0 Å². The molecule has 108 valence electrons. The largest absolute Gasteiger partial charge is 0.491 e. The van der Waals surface area contributed by atoms with Gasteiger partial charge in [-0.2, -0.15) is 0 Å². The number of nitrogens with one attached hydrogen (secondary N) is 1. The molecule has 0 saturated carbocycles. The fraction of sp³-hybridized carbons (Fsp3) is 0.0769. The highest BCUT2D eigenvalue weighted by Crippen LogP contribution is 2.22. The molecule has 3 rings (SSSR count). The second-order valence-electron chi connectivity index (χ2n) is 4.72. The van der Waals surface area contributed by atoms with Gasteiger partial charge in [-0.25, -0.2) is 8.42 Å². The van der Waals surface area contributed by atoms with Gasteiger partial charge in [0, 0.05) is 5.69 Å². The molecule has 21 heavy (non-hydrogen) atoms. The SMILES string of the molecule is Nc1ccccc1S(=O)(=O)Nc1ccc2c(c1)B(O)OC2. The van der Waals surface area contributed by atoms with E-state index in [1.807, 2.05) is 0 Å². The van der Waals surface area contributed by atoms with E-state index in [0.717, 1.165) is 5.56 Å². The second-order valence-corrected chi connectivity index (χ2v) is 6.37. The van der Waals surface area contributed by atoms with Gasteiger partial charge < -0.3 is 15.4 Å². The molecule has 4 N–H and O–H groups in total. The number of sulfonamides is 1. The number of rotatable bonds is 3. The van der Waals surface area contributed by atoms with Gasteiger partial charge in [-0.05, 0) is 35.3 Å². The van der Waals surface area contributed by atoms with Crippen molar-refractivity contribution in [3.63, 3.8) is 0 Å². The second kappa shape index (κ2) is 5.07. The van der Waals surface area contributed by atoms with Crippen molar-refractivity contribution in [1.82, 2.24) is 0 Å². The molecule has 0 fully saturated rings. The van der Waals surface area contributed by atoms with Gasteiger partial charge in [0.15, 0.2) is 0 Å². The minimum absolute atomic E-state index is 0.0160. The quantitative estimate of drug-likeness (QED) is 0.559. The number of nitrogen functional groups attached to an aromatic ring is 1. The summed E-state index contributed by atoms with van der Waals surface area (Å²) < 4.78 is 32.2. The number of para-hydroxylation sites is 1. The van der Waals surface area contributed by atoms with E-state index < -0.39 is 17.1 Å². The van der Waals surface area contributed by atoms with Crippen LogP contribution in [0, 0.1) is 0 Å². The molecule has 0 spiro atoms. The summed E-state index contributed by atoms with van der Waals surface area (Å²) in [4.78, 5) is 0.0160. The third kappa shape index (κ3) is 2.60. The molecule has 0 unspecified atom stereocenters. The number of hydrogen-bond donors (Lipinski definition) is 3. The number of benzene rings is 2. The first-order valence-corrected chi connectivity index (χ1v) is 7.75. The van der Waals surface area contributed by atoms with Gasteiger partial charge in [0.2, 0.25) is 0 Å². The van der Waals surface area contributed by atoms with Crippen LogP contribution >= 0.6 is 0 Å². The zero-order valence-corrected chi connectivity index (χ0v) is 11.8. The maximum absolute atomic E-state index is 12.3. The van der Waals surface area contributed by atoms with Crippen molar-refractivity contribution in [3.05, 3.63) is 48.0 Å². The van der Waals surface area contributed by atoms with Crippen LogP contribution in [-0.4, -0.2) is 20.6 Å². The number of fused-ring (bicyclic) bond motifs is 1. The fourth-order valence-corrected chi connectivity index (χ4v) is 3.40. The van der Waals surface area contributed by atoms with Gasteiger partial charge >= 0.3 is 7.12 Å². The van der Waals surface area contributed by atoms with Crippen molar-refractivity contribution in [2.45, 2.75) is 11.5 Å². The molecular weight excluding hydrogens is 291 g/mol. The highest BCUT2D eigenvalue weighted by molar-refractivity contribution is 7.92. The summed E-state index contributed by atoms with van der Waals surface area (Å²) in [6, 6.07) is 11.1. The normalized spacial score (nSPS) is 14.0. The molecule has 0 aliphatic carbocycles. The topological polar surface area (TPSA) is 102 Å². The monoisotopic (exact) mass is 304 g/mol. The number of anilines is 2. The molecule has 2 aromatic carbocycles. The highest BCUT2D eigenvalue weighted by Gasteiger charge is 2.28. The number of hydrogen-bond acceptors (Lipinski definition) is 5. The standard InChI is InChI=1S/C13H13BN2O4S/c15-12-3-1-2-4-13(12)21(18,19)16-10-6-5-9-8-20-14(17)11(9)7-10/h1-7,16-17H,8,15H2. The first kappa shape index (κ1) is 13.9. The summed E-state index contributed by atoms with van der Waals surface area (Å²) >= 11 is 0. The average Bonchev–Trinajstić information content (AvgIpc) is 2.80. The molecule has 1 aliphatic heterocycles. The van der Waals surface area contributed by atoms with E-state index in [9.17, 15) is 13.4 Å². The molecule has 1 aliphatic rings. The molecule has 0 atom stereocenters. The Bertz CT molecular complexity index is 795. The van der Waals surface area contributed by atoms with Crippen molar-refractivity contribution in [2.75, 3.05) is 10.5 Å². The highest BCUT2D eigenvalue weighted by atomic mass is 32.2. The van der Waals surface area contributed by atoms with E-state index in [1.54, 1.807) is 30.3 Å². The lowest BCUT2D eigenvalue weighted by Crippen LogP contribution is -2.28. The molecule has 0 radical (unpaired) electrons. The van der Waals surface area contributed by atoms with Crippen LogP contribution in [0.1, 0.15) is 5.56 Å². The summed E-state index contributed by atoms with van der Waals surface area (Å²) in [6.45, 7) is 0.315. The number of nitrogens with two attached hydrogens (primary N) is 1. The minimum Gasteiger partial charge on any atom is -0.423 e. The van der Waals surface area contributed by atoms with E-state index >= 15 is 0 Å². The van der Waals surface area contributed by atoms with Gasteiger partial charge in [0.1, 0.15) is 4.90 Å². The summed E-state index contributed by atoms with van der Waals surface area (Å²) in [6.07, 6.45) is 0. The summed E-state index contributed by atoms with van der Waals surface area (Å²) in [5.41, 5.74) is 7.62. The fourth-order valence-electron chi connectivity index (χ4n) is 2.21. The van der Waals surface area contributed by atoms with Crippen molar-refractivity contribution in [3.8, 4) is 0 Å². The van der Waals surface area contributed by atoms with E-state index in [0.29, 0.717) is 17.8 Å². The molecule has 0 aromatic heterocycles. The minimum atomic E-state index is -3.78. The Hall–Kier alpha value is -2.03.